The van der Waals surface area contributed by atoms with Crippen molar-refractivity contribution in [2.24, 2.45) is 0 Å². The molecule has 0 saturated carbocycles. The molecule has 0 spiro atoms. The lowest BCUT2D eigenvalue weighted by Gasteiger charge is -2.32. The molecule has 0 radical (unpaired) electrons. The van der Waals surface area contributed by atoms with Crippen LogP contribution in [-0.2, 0) is 4.79 Å². The van der Waals surface area contributed by atoms with E-state index in [2.05, 4.69) is 10.3 Å². The zero-order valence-electron chi connectivity index (χ0n) is 10.6. The van der Waals surface area contributed by atoms with E-state index in [9.17, 15) is 9.59 Å². The minimum absolute atomic E-state index is 0.0988. The van der Waals surface area contributed by atoms with Gasteiger partial charge in [0.15, 0.2) is 0 Å². The van der Waals surface area contributed by atoms with Gasteiger partial charge in [-0.2, -0.15) is 0 Å². The SMILES string of the molecule is CC1C(=O)NCCN1C(=O)c1cccc2cc[nH]c12. The number of H-pyrrole nitrogens is 1. The molecule has 1 aromatic heterocycles. The zero-order valence-corrected chi connectivity index (χ0v) is 10.6. The van der Waals surface area contributed by atoms with E-state index >= 15 is 0 Å². The van der Waals surface area contributed by atoms with Gasteiger partial charge >= 0.3 is 0 Å². The third kappa shape index (κ3) is 1.87. The molecular formula is C14H15N3O2. The van der Waals surface area contributed by atoms with Crippen LogP contribution in [0, 0.1) is 0 Å². The fourth-order valence-electron chi connectivity index (χ4n) is 2.48. The second-order valence-electron chi connectivity index (χ2n) is 4.71. The Morgan fingerprint density at radius 2 is 2.21 bits per heavy atom. The molecule has 0 aliphatic carbocycles. The fourth-order valence-corrected chi connectivity index (χ4v) is 2.48. The Morgan fingerprint density at radius 3 is 3.05 bits per heavy atom. The molecule has 1 saturated heterocycles. The summed E-state index contributed by atoms with van der Waals surface area (Å²) in [5.74, 6) is -0.200. The number of nitrogens with one attached hydrogen (secondary N) is 2. The van der Waals surface area contributed by atoms with E-state index in [-0.39, 0.29) is 11.8 Å². The first-order valence-electron chi connectivity index (χ1n) is 6.33. The van der Waals surface area contributed by atoms with Gasteiger partial charge in [0.2, 0.25) is 5.91 Å². The van der Waals surface area contributed by atoms with Crippen LogP contribution in [0.15, 0.2) is 30.5 Å². The minimum Gasteiger partial charge on any atom is -0.361 e. The molecule has 98 valence electrons. The van der Waals surface area contributed by atoms with Crippen LogP contribution in [0.4, 0.5) is 0 Å². The van der Waals surface area contributed by atoms with Crippen LogP contribution < -0.4 is 5.32 Å². The molecule has 2 aromatic rings. The van der Waals surface area contributed by atoms with Crippen LogP contribution >= 0.6 is 0 Å². The molecule has 19 heavy (non-hydrogen) atoms. The molecule has 1 aromatic carbocycles. The Hall–Kier alpha value is -2.30. The average Bonchev–Trinajstić information content (AvgIpc) is 2.89. The Bertz CT molecular complexity index is 647. The second-order valence-corrected chi connectivity index (χ2v) is 4.71. The quantitative estimate of drug-likeness (QED) is 0.804. The summed E-state index contributed by atoms with van der Waals surface area (Å²) in [6, 6.07) is 7.11. The van der Waals surface area contributed by atoms with Gasteiger partial charge in [0.25, 0.3) is 5.91 Å². The number of hydrogen-bond donors (Lipinski definition) is 2. The summed E-state index contributed by atoms with van der Waals surface area (Å²) in [7, 11) is 0. The van der Waals surface area contributed by atoms with E-state index < -0.39 is 6.04 Å². The molecule has 5 nitrogen and oxygen atoms in total. The van der Waals surface area contributed by atoms with Crippen LogP contribution in [0.2, 0.25) is 0 Å². The van der Waals surface area contributed by atoms with Gasteiger partial charge in [-0.25, -0.2) is 0 Å². The number of piperazine rings is 1. The molecule has 2 amide bonds. The monoisotopic (exact) mass is 257 g/mol. The van der Waals surface area contributed by atoms with Crippen LogP contribution in [-0.4, -0.2) is 40.8 Å². The molecule has 1 aliphatic rings. The summed E-state index contributed by atoms with van der Waals surface area (Å²) in [6.07, 6.45) is 1.81. The van der Waals surface area contributed by atoms with Gasteiger partial charge in [-0.15, -0.1) is 0 Å². The average molecular weight is 257 g/mol. The zero-order chi connectivity index (χ0) is 13.4. The topological polar surface area (TPSA) is 65.2 Å². The Balaban J connectivity index is 1.99. The number of rotatable bonds is 1. The largest absolute Gasteiger partial charge is 0.361 e. The fraction of sp³-hybridized carbons (Fsp3) is 0.286. The van der Waals surface area contributed by atoms with Crippen LogP contribution in [0.5, 0.6) is 0 Å². The molecule has 1 fully saturated rings. The molecule has 2 N–H and O–H groups in total. The predicted octanol–water partition coefficient (Wildman–Crippen LogP) is 1.13. The molecular weight excluding hydrogens is 242 g/mol. The van der Waals surface area contributed by atoms with Gasteiger partial charge in [0.1, 0.15) is 6.04 Å². The Kier molecular flexibility index (Phi) is 2.74. The normalized spacial score (nSPS) is 19.5. The number of carbonyl (C=O) groups excluding carboxylic acids is 2. The maximum Gasteiger partial charge on any atom is 0.256 e. The number of amides is 2. The molecule has 1 aliphatic heterocycles. The summed E-state index contributed by atoms with van der Waals surface area (Å²) in [4.78, 5) is 28.9. The maximum atomic E-state index is 12.6. The predicted molar refractivity (Wildman–Crippen MR) is 71.8 cm³/mol. The van der Waals surface area contributed by atoms with Crippen molar-refractivity contribution in [3.05, 3.63) is 36.0 Å². The van der Waals surface area contributed by atoms with Crippen LogP contribution in [0.25, 0.3) is 10.9 Å². The molecule has 0 bridgehead atoms. The highest BCUT2D eigenvalue weighted by atomic mass is 16.2. The smallest absolute Gasteiger partial charge is 0.256 e. The van der Waals surface area contributed by atoms with E-state index in [4.69, 9.17) is 0 Å². The first kappa shape index (κ1) is 11.8. The van der Waals surface area contributed by atoms with Gasteiger partial charge in [0, 0.05) is 24.7 Å². The number of para-hydroxylation sites is 1. The van der Waals surface area contributed by atoms with Gasteiger partial charge < -0.3 is 15.2 Å². The van der Waals surface area contributed by atoms with E-state index in [1.54, 1.807) is 17.9 Å². The lowest BCUT2D eigenvalue weighted by molar-refractivity contribution is -0.127. The first-order valence-corrected chi connectivity index (χ1v) is 6.33. The number of hydrogen-bond acceptors (Lipinski definition) is 2. The number of aromatic amines is 1. The van der Waals surface area contributed by atoms with Crippen molar-refractivity contribution in [1.29, 1.82) is 0 Å². The highest BCUT2D eigenvalue weighted by Gasteiger charge is 2.30. The molecule has 1 unspecified atom stereocenters. The number of benzene rings is 1. The summed E-state index contributed by atoms with van der Waals surface area (Å²) in [5.41, 5.74) is 1.44. The van der Waals surface area contributed by atoms with Crippen molar-refractivity contribution in [3.63, 3.8) is 0 Å². The van der Waals surface area contributed by atoms with E-state index in [0.29, 0.717) is 18.7 Å². The summed E-state index contributed by atoms with van der Waals surface area (Å²) in [6.45, 7) is 2.81. The minimum atomic E-state index is -0.425. The second kappa shape index (κ2) is 4.42. The van der Waals surface area contributed by atoms with Gasteiger partial charge in [0.05, 0.1) is 11.1 Å². The highest BCUT2D eigenvalue weighted by molar-refractivity contribution is 6.07. The molecule has 1 atom stereocenters. The van der Waals surface area contributed by atoms with E-state index in [1.807, 2.05) is 24.4 Å². The van der Waals surface area contributed by atoms with Gasteiger partial charge in [-0.05, 0) is 19.1 Å². The van der Waals surface area contributed by atoms with Crippen molar-refractivity contribution in [2.45, 2.75) is 13.0 Å². The third-order valence-corrected chi connectivity index (χ3v) is 3.58. The third-order valence-electron chi connectivity index (χ3n) is 3.58. The van der Waals surface area contributed by atoms with Crippen molar-refractivity contribution < 1.29 is 9.59 Å². The van der Waals surface area contributed by atoms with Crippen molar-refractivity contribution in [1.82, 2.24) is 15.2 Å². The number of aromatic nitrogens is 1. The molecule has 3 rings (SSSR count). The number of fused-ring (bicyclic) bond motifs is 1. The van der Waals surface area contributed by atoms with Crippen LogP contribution in [0.1, 0.15) is 17.3 Å². The highest BCUT2D eigenvalue weighted by Crippen LogP contribution is 2.20. The molecule has 2 heterocycles. The lowest BCUT2D eigenvalue weighted by atomic mass is 10.1. The summed E-state index contributed by atoms with van der Waals surface area (Å²) in [5, 5.41) is 3.76. The van der Waals surface area contributed by atoms with Gasteiger partial charge in [-0.1, -0.05) is 12.1 Å². The van der Waals surface area contributed by atoms with Crippen molar-refractivity contribution in [2.75, 3.05) is 13.1 Å². The lowest BCUT2D eigenvalue weighted by Crippen LogP contribution is -2.55. The standard InChI is InChI=1S/C14H15N3O2/c1-9-13(18)16-7-8-17(9)14(19)11-4-2-3-10-5-6-15-12(10)11/h2-6,9,15H,7-8H2,1H3,(H,16,18). The van der Waals surface area contributed by atoms with Gasteiger partial charge in [-0.3, -0.25) is 9.59 Å². The summed E-state index contributed by atoms with van der Waals surface area (Å²) < 4.78 is 0. The van der Waals surface area contributed by atoms with Crippen molar-refractivity contribution >= 4 is 22.7 Å². The first-order chi connectivity index (χ1) is 9.18. The Morgan fingerprint density at radius 1 is 1.37 bits per heavy atom. The molecule has 5 heteroatoms. The maximum absolute atomic E-state index is 12.6. The van der Waals surface area contributed by atoms with Crippen LogP contribution in [0.3, 0.4) is 0 Å². The van der Waals surface area contributed by atoms with E-state index in [1.165, 1.54) is 0 Å². The van der Waals surface area contributed by atoms with Crippen molar-refractivity contribution in [3.8, 4) is 0 Å². The number of carbonyl (C=O) groups is 2. The van der Waals surface area contributed by atoms with E-state index in [0.717, 1.165) is 10.9 Å². The summed E-state index contributed by atoms with van der Waals surface area (Å²) >= 11 is 0. The number of nitrogens with zero attached hydrogens (tertiary/aromatic N) is 1. The Labute approximate surface area is 110 Å².